The van der Waals surface area contributed by atoms with E-state index in [1.54, 1.807) is 19.4 Å². The van der Waals surface area contributed by atoms with Crippen molar-refractivity contribution in [2.24, 2.45) is 0 Å². The first-order valence-corrected chi connectivity index (χ1v) is 5.50. The van der Waals surface area contributed by atoms with Gasteiger partial charge < -0.3 is 15.8 Å². The summed E-state index contributed by atoms with van der Waals surface area (Å²) >= 11 is 0. The number of methoxy groups -OCH3 is 1. The standard InChI is InChI=1S/C12H15N5O/c1-14-11(8-4-3-5-15-12(8)13)9-6-10(18-2)17-7-16-9/h3-7,11,14H,1-2H3,(H2,13,15). The normalized spacial score (nSPS) is 12.1. The van der Waals surface area contributed by atoms with Crippen LogP contribution in [0.3, 0.4) is 0 Å². The number of ether oxygens (including phenoxy) is 1. The van der Waals surface area contributed by atoms with E-state index >= 15 is 0 Å². The number of aromatic nitrogens is 3. The predicted molar refractivity (Wildman–Crippen MR) is 68.1 cm³/mol. The van der Waals surface area contributed by atoms with E-state index in [-0.39, 0.29) is 6.04 Å². The van der Waals surface area contributed by atoms with Crippen LogP contribution in [0, 0.1) is 0 Å². The van der Waals surface area contributed by atoms with Gasteiger partial charge in [0.1, 0.15) is 12.1 Å². The predicted octanol–water partition coefficient (Wildman–Crippen LogP) is 0.771. The fourth-order valence-electron chi connectivity index (χ4n) is 1.76. The molecule has 2 aromatic heterocycles. The Labute approximate surface area is 105 Å². The van der Waals surface area contributed by atoms with Gasteiger partial charge in [0.15, 0.2) is 0 Å². The third kappa shape index (κ3) is 2.38. The molecule has 0 saturated carbocycles. The van der Waals surface area contributed by atoms with Gasteiger partial charge in [0.05, 0.1) is 18.8 Å². The maximum atomic E-state index is 5.88. The van der Waals surface area contributed by atoms with Gasteiger partial charge in [-0.3, -0.25) is 0 Å². The summed E-state index contributed by atoms with van der Waals surface area (Å²) < 4.78 is 5.09. The maximum absolute atomic E-state index is 5.88. The monoisotopic (exact) mass is 245 g/mol. The molecule has 0 aliphatic heterocycles. The molecule has 6 heteroatoms. The summed E-state index contributed by atoms with van der Waals surface area (Å²) in [5, 5.41) is 3.16. The average Bonchev–Trinajstić information content (AvgIpc) is 2.42. The van der Waals surface area contributed by atoms with E-state index in [1.165, 1.54) is 6.33 Å². The van der Waals surface area contributed by atoms with Crippen molar-refractivity contribution in [1.29, 1.82) is 0 Å². The lowest BCUT2D eigenvalue weighted by molar-refractivity contribution is 0.395. The molecule has 18 heavy (non-hydrogen) atoms. The lowest BCUT2D eigenvalue weighted by atomic mass is 10.0. The van der Waals surface area contributed by atoms with Crippen molar-refractivity contribution in [3.05, 3.63) is 42.0 Å². The number of nitrogens with zero attached hydrogens (tertiary/aromatic N) is 3. The second-order valence-electron chi connectivity index (χ2n) is 3.68. The van der Waals surface area contributed by atoms with Gasteiger partial charge in [-0.2, -0.15) is 0 Å². The van der Waals surface area contributed by atoms with E-state index in [9.17, 15) is 0 Å². The molecule has 0 radical (unpaired) electrons. The molecule has 0 saturated heterocycles. The van der Waals surface area contributed by atoms with Crippen molar-refractivity contribution in [2.75, 3.05) is 19.9 Å². The van der Waals surface area contributed by atoms with Crippen LogP contribution in [-0.4, -0.2) is 29.1 Å². The first kappa shape index (κ1) is 12.3. The largest absolute Gasteiger partial charge is 0.481 e. The molecule has 1 unspecified atom stereocenters. The second kappa shape index (κ2) is 5.42. The van der Waals surface area contributed by atoms with E-state index in [0.29, 0.717) is 11.7 Å². The third-order valence-corrected chi connectivity index (χ3v) is 2.64. The zero-order valence-corrected chi connectivity index (χ0v) is 10.3. The molecule has 0 fully saturated rings. The first-order valence-electron chi connectivity index (χ1n) is 5.50. The van der Waals surface area contributed by atoms with Crippen molar-refractivity contribution in [2.45, 2.75) is 6.04 Å². The lowest BCUT2D eigenvalue weighted by Gasteiger charge is -2.17. The number of nitrogens with two attached hydrogens (primary N) is 1. The van der Waals surface area contributed by atoms with Crippen LogP contribution >= 0.6 is 0 Å². The van der Waals surface area contributed by atoms with Gasteiger partial charge in [0.2, 0.25) is 5.88 Å². The molecule has 3 N–H and O–H groups in total. The molecule has 0 aliphatic carbocycles. The molecule has 0 spiro atoms. The SMILES string of the molecule is CNC(c1cc(OC)ncn1)c1cccnc1N. The minimum Gasteiger partial charge on any atom is -0.481 e. The summed E-state index contributed by atoms with van der Waals surface area (Å²) in [5.74, 6) is 0.997. The highest BCUT2D eigenvalue weighted by Gasteiger charge is 2.17. The van der Waals surface area contributed by atoms with Crippen LogP contribution in [0.4, 0.5) is 5.82 Å². The van der Waals surface area contributed by atoms with Crippen LogP contribution < -0.4 is 15.8 Å². The Bertz CT molecular complexity index is 531. The summed E-state index contributed by atoms with van der Waals surface area (Å²) in [6, 6.07) is 5.38. The molecule has 0 bridgehead atoms. The molecule has 6 nitrogen and oxygen atoms in total. The molecule has 2 rings (SSSR count). The van der Waals surface area contributed by atoms with Crippen LogP contribution in [0.15, 0.2) is 30.7 Å². The Morgan fingerprint density at radius 3 is 2.83 bits per heavy atom. The minimum absolute atomic E-state index is 0.143. The van der Waals surface area contributed by atoms with Crippen molar-refractivity contribution in [3.63, 3.8) is 0 Å². The lowest BCUT2D eigenvalue weighted by Crippen LogP contribution is -2.20. The molecule has 1 atom stereocenters. The van der Waals surface area contributed by atoms with Crippen molar-refractivity contribution in [1.82, 2.24) is 20.3 Å². The quantitative estimate of drug-likeness (QED) is 0.827. The molecule has 0 aliphatic rings. The van der Waals surface area contributed by atoms with Gasteiger partial charge in [0, 0.05) is 17.8 Å². The average molecular weight is 245 g/mol. The highest BCUT2D eigenvalue weighted by molar-refractivity contribution is 5.44. The molecule has 2 aromatic rings. The molecule has 0 amide bonds. The van der Waals surface area contributed by atoms with Crippen molar-refractivity contribution < 1.29 is 4.74 Å². The van der Waals surface area contributed by atoms with Gasteiger partial charge in [-0.25, -0.2) is 15.0 Å². The highest BCUT2D eigenvalue weighted by Crippen LogP contribution is 2.24. The summed E-state index contributed by atoms with van der Waals surface area (Å²) in [5.41, 5.74) is 7.54. The molecule has 2 heterocycles. The summed E-state index contributed by atoms with van der Waals surface area (Å²) in [7, 11) is 3.41. The van der Waals surface area contributed by atoms with Gasteiger partial charge in [0.25, 0.3) is 0 Å². The van der Waals surface area contributed by atoms with E-state index in [1.807, 2.05) is 19.2 Å². The Hall–Kier alpha value is -2.21. The van der Waals surface area contributed by atoms with Crippen LogP contribution in [0.5, 0.6) is 5.88 Å². The van der Waals surface area contributed by atoms with Crippen molar-refractivity contribution in [3.8, 4) is 5.88 Å². The molecule has 0 aromatic carbocycles. The van der Waals surface area contributed by atoms with Crippen LogP contribution in [0.2, 0.25) is 0 Å². The highest BCUT2D eigenvalue weighted by atomic mass is 16.5. The number of nitrogens with one attached hydrogen (secondary N) is 1. The first-order chi connectivity index (χ1) is 8.76. The molecule has 94 valence electrons. The zero-order chi connectivity index (χ0) is 13.0. The van der Waals surface area contributed by atoms with E-state index in [4.69, 9.17) is 10.5 Å². The number of hydrogen-bond acceptors (Lipinski definition) is 6. The zero-order valence-electron chi connectivity index (χ0n) is 10.3. The number of nitrogen functional groups attached to an aromatic ring is 1. The number of pyridine rings is 1. The minimum atomic E-state index is -0.143. The van der Waals surface area contributed by atoms with Gasteiger partial charge in [-0.05, 0) is 13.1 Å². The maximum Gasteiger partial charge on any atom is 0.216 e. The second-order valence-corrected chi connectivity index (χ2v) is 3.68. The van der Waals surface area contributed by atoms with Gasteiger partial charge in [-0.1, -0.05) is 6.07 Å². The fraction of sp³-hybridized carbons (Fsp3) is 0.250. The summed E-state index contributed by atoms with van der Waals surface area (Å²) in [6.07, 6.45) is 3.12. The Balaban J connectivity index is 2.42. The summed E-state index contributed by atoms with van der Waals surface area (Å²) in [6.45, 7) is 0. The topological polar surface area (TPSA) is 86.0 Å². The smallest absolute Gasteiger partial charge is 0.216 e. The fourth-order valence-corrected chi connectivity index (χ4v) is 1.76. The Morgan fingerprint density at radius 1 is 1.33 bits per heavy atom. The van der Waals surface area contributed by atoms with Crippen LogP contribution in [0.25, 0.3) is 0 Å². The Kier molecular flexibility index (Phi) is 3.69. The van der Waals surface area contributed by atoms with Crippen LogP contribution in [-0.2, 0) is 0 Å². The summed E-state index contributed by atoms with van der Waals surface area (Å²) in [4.78, 5) is 12.3. The molecular weight excluding hydrogens is 230 g/mol. The molecular formula is C12H15N5O. The van der Waals surface area contributed by atoms with Crippen molar-refractivity contribution >= 4 is 5.82 Å². The van der Waals surface area contributed by atoms with E-state index in [2.05, 4.69) is 20.3 Å². The number of hydrogen-bond donors (Lipinski definition) is 2. The number of rotatable bonds is 4. The van der Waals surface area contributed by atoms with E-state index < -0.39 is 0 Å². The van der Waals surface area contributed by atoms with Gasteiger partial charge in [-0.15, -0.1) is 0 Å². The third-order valence-electron chi connectivity index (χ3n) is 2.64. The van der Waals surface area contributed by atoms with E-state index in [0.717, 1.165) is 11.3 Å². The van der Waals surface area contributed by atoms with Crippen LogP contribution in [0.1, 0.15) is 17.3 Å². The Morgan fingerprint density at radius 2 is 2.17 bits per heavy atom. The number of anilines is 1. The van der Waals surface area contributed by atoms with Gasteiger partial charge >= 0.3 is 0 Å².